The van der Waals surface area contributed by atoms with Crippen molar-refractivity contribution in [3.8, 4) is 0 Å². The molecule has 11 aromatic rings. The number of alkyl halides is 6. The Bertz CT molecular complexity index is 4670. The second-order valence-corrected chi connectivity index (χ2v) is 45.1. The van der Waals surface area contributed by atoms with Crippen LogP contribution in [0, 0.1) is 62.3 Å². The molecule has 10 heterocycles. The van der Waals surface area contributed by atoms with Crippen molar-refractivity contribution >= 4 is 0 Å². The Kier molecular flexibility index (Phi) is 43.7. The van der Waals surface area contributed by atoms with Gasteiger partial charge in [-0.25, -0.2) is 15.0 Å². The molecule has 0 spiro atoms. The van der Waals surface area contributed by atoms with Gasteiger partial charge in [0.25, 0.3) is 0 Å². The fraction of sp³-hybridized carbons (Fsp3) is 0.550. The van der Waals surface area contributed by atoms with Crippen molar-refractivity contribution in [1.82, 2.24) is 69.2 Å². The summed E-state index contributed by atoms with van der Waals surface area (Å²) in [7, 11) is 3.95. The summed E-state index contributed by atoms with van der Waals surface area (Å²) in [6.45, 7) is 93.6. The van der Waals surface area contributed by atoms with E-state index in [1.165, 1.54) is 79.8 Å². The van der Waals surface area contributed by atoms with E-state index < -0.39 is 23.9 Å². The SMILES string of the molecule is CC(C)(C)c1cccc(C(F)(F)F)n1.CC(C)(C)c1cnc(C(F)(F)F)nc1.Cc1cc(C(C)(C)C)ccn1.Cc1cc(C(C)(C)C)ccn1.Cc1cc(C(C)(C)C)ccn1.Cc1cc(C(C)(C)C)n(C)n1.Cc1ccc(C(C)(C)C)cn1.Cc1cccc(C(C)(C)C)c1.Cc1cncc(C(C)(C)C)c1.Cc1nn(C(C)C)cc1C(C)(C)C.Cc1nn(C)cc1C(C)(C)C. The Morgan fingerprint density at radius 2 is 0.667 bits per heavy atom. The molecule has 0 N–H and O–H groups in total. The molecule has 714 valence electrons. The molecule has 10 aromatic heterocycles. The average Bonchev–Trinajstić information content (AvgIpc) is 1.59. The zero-order chi connectivity index (χ0) is 100. The summed E-state index contributed by atoms with van der Waals surface area (Å²) in [4.78, 5) is 31.0. The van der Waals surface area contributed by atoms with Crippen molar-refractivity contribution in [1.29, 1.82) is 0 Å². The molecule has 14 nitrogen and oxygen atoms in total. The summed E-state index contributed by atoms with van der Waals surface area (Å²) in [6.07, 6.45) is 9.26. The summed E-state index contributed by atoms with van der Waals surface area (Å²) in [5, 5.41) is 13.1. The topological polar surface area (TPSA) is 157 Å². The molecule has 0 saturated carbocycles. The minimum atomic E-state index is -4.46. The highest BCUT2D eigenvalue weighted by Gasteiger charge is 2.36. The molecule has 20 heteroatoms. The zero-order valence-corrected chi connectivity index (χ0v) is 88.2. The van der Waals surface area contributed by atoms with Gasteiger partial charge in [-0.2, -0.15) is 41.6 Å². The predicted octanol–water partition coefficient (Wildman–Crippen LogP) is 30.0. The van der Waals surface area contributed by atoms with Crippen LogP contribution in [0.5, 0.6) is 0 Å². The lowest BCUT2D eigenvalue weighted by Gasteiger charge is -2.19. The normalized spacial score (nSPS) is 12.1. The Balaban J connectivity index is 0.000000710. The first kappa shape index (κ1) is 117. The third-order valence-electron chi connectivity index (χ3n) is 20.1. The van der Waals surface area contributed by atoms with Gasteiger partial charge in [0.2, 0.25) is 5.82 Å². The van der Waals surface area contributed by atoms with Crippen molar-refractivity contribution in [2.75, 3.05) is 0 Å². The molecular weight excluding hydrogens is 1620 g/mol. The van der Waals surface area contributed by atoms with Gasteiger partial charge in [-0.3, -0.25) is 39.0 Å². The fourth-order valence-corrected chi connectivity index (χ4v) is 12.0. The van der Waals surface area contributed by atoms with E-state index >= 15 is 0 Å². The lowest BCUT2D eigenvalue weighted by molar-refractivity contribution is -0.145. The number of rotatable bonds is 1. The van der Waals surface area contributed by atoms with Crippen LogP contribution in [0.3, 0.4) is 0 Å². The van der Waals surface area contributed by atoms with Gasteiger partial charge in [0, 0.05) is 127 Å². The fourth-order valence-electron chi connectivity index (χ4n) is 12.0. The Labute approximate surface area is 777 Å². The van der Waals surface area contributed by atoms with Crippen molar-refractivity contribution in [3.05, 3.63) is 289 Å². The number of halogens is 6. The molecule has 129 heavy (non-hydrogen) atoms. The van der Waals surface area contributed by atoms with Gasteiger partial charge in [-0.1, -0.05) is 277 Å². The van der Waals surface area contributed by atoms with E-state index in [1.807, 2.05) is 141 Å². The third kappa shape index (κ3) is 45.2. The molecule has 0 aliphatic heterocycles. The molecular formula is C109H166F6N14. The third-order valence-corrected chi connectivity index (χ3v) is 20.1. The van der Waals surface area contributed by atoms with Gasteiger partial charge in [-0.15, -0.1) is 0 Å². The van der Waals surface area contributed by atoms with Crippen LogP contribution in [0.1, 0.15) is 372 Å². The number of pyridine rings is 6. The number of hydrogen-bond acceptors (Lipinski definition) is 11. The van der Waals surface area contributed by atoms with Gasteiger partial charge in [0.15, 0.2) is 0 Å². The van der Waals surface area contributed by atoms with E-state index in [0.29, 0.717) is 17.3 Å². The minimum Gasteiger partial charge on any atom is -0.275 e. The standard InChI is InChI=1S/C11H20N2.C11H16.C10H12F3N.5C10H15N.C9H11F3N2.2C9H16N2/c1-8(2)13-7-10(9(3)12-13)11(4,5)6;1-9-6-5-7-10(8-9)11(2,3)4;1-9(2,3)7-5-4-6-8(14-7)10(11,12)13;1-8-5-9(7-11-6-8)10(2,3)4;3*1-8-7-9(5-6-11-8)10(2,3)4;1-8-5-6-9(7-11-8)10(2,3)4;1-8(2,3)6-4-13-7(14-5-6)9(10,11)12;1-7-8(9(2,3)4)6-11(5)10-7;1-7-6-8(9(2,3)4)11(5)10-7/h7-8H,1-6H3;5-8H,1-4H3;4-6H,1-3H3;5*5-7H,1-4H3;4-5H,1-3H3;2*6H,1-5H3. The molecule has 0 atom stereocenters. The van der Waals surface area contributed by atoms with Gasteiger partial charge in [-0.05, 0) is 241 Å². The smallest absolute Gasteiger partial charge is 0.275 e. The van der Waals surface area contributed by atoms with E-state index in [-0.39, 0.29) is 59.6 Å². The largest absolute Gasteiger partial charge is 0.451 e. The van der Waals surface area contributed by atoms with Crippen molar-refractivity contribution in [3.63, 3.8) is 0 Å². The van der Waals surface area contributed by atoms with Crippen molar-refractivity contribution in [2.45, 2.75) is 383 Å². The number of benzene rings is 1. The van der Waals surface area contributed by atoms with Gasteiger partial charge >= 0.3 is 12.4 Å². The summed E-state index contributed by atoms with van der Waals surface area (Å²) in [5.41, 5.74) is 24.2. The summed E-state index contributed by atoms with van der Waals surface area (Å²) in [5.74, 6) is -1.09. The van der Waals surface area contributed by atoms with Crippen molar-refractivity contribution < 1.29 is 26.3 Å². The lowest BCUT2D eigenvalue weighted by Crippen LogP contribution is -2.17. The Morgan fingerprint density at radius 1 is 0.287 bits per heavy atom. The van der Waals surface area contributed by atoms with Gasteiger partial charge in [0.05, 0.1) is 17.1 Å². The maximum atomic E-state index is 12.3. The molecule has 0 saturated heterocycles. The van der Waals surface area contributed by atoms with Gasteiger partial charge in [0.1, 0.15) is 5.69 Å². The first-order valence-corrected chi connectivity index (χ1v) is 44.8. The summed E-state index contributed by atoms with van der Waals surface area (Å²) < 4.78 is 79.0. The van der Waals surface area contributed by atoms with Crippen LogP contribution in [0.25, 0.3) is 0 Å². The Hall–Kier alpha value is -9.59. The van der Waals surface area contributed by atoms with E-state index in [1.54, 1.807) is 6.07 Å². The summed E-state index contributed by atoms with van der Waals surface area (Å²) in [6, 6.07) is 34.3. The molecule has 0 aliphatic carbocycles. The van der Waals surface area contributed by atoms with Crippen LogP contribution in [0.15, 0.2) is 165 Å². The van der Waals surface area contributed by atoms with Crippen molar-refractivity contribution in [2.24, 2.45) is 14.1 Å². The molecule has 0 fully saturated rings. The molecule has 0 aliphatic rings. The Morgan fingerprint density at radius 3 is 0.922 bits per heavy atom. The van der Waals surface area contributed by atoms with E-state index in [9.17, 15) is 26.3 Å². The lowest BCUT2D eigenvalue weighted by atomic mass is 9.86. The highest BCUT2D eigenvalue weighted by atomic mass is 19.4. The van der Waals surface area contributed by atoms with Crippen LogP contribution in [0.2, 0.25) is 0 Å². The highest BCUT2D eigenvalue weighted by Crippen LogP contribution is 2.34. The molecule has 0 amide bonds. The minimum absolute atomic E-state index is 0.204. The number of aryl methyl sites for hydroxylation is 11. The van der Waals surface area contributed by atoms with Crippen LogP contribution < -0.4 is 0 Å². The molecule has 11 rings (SSSR count). The van der Waals surface area contributed by atoms with Crippen LogP contribution in [-0.4, -0.2) is 69.2 Å². The number of aromatic nitrogens is 14. The second-order valence-electron chi connectivity index (χ2n) is 45.1. The maximum Gasteiger partial charge on any atom is 0.451 e. The highest BCUT2D eigenvalue weighted by molar-refractivity contribution is 5.31. The monoisotopic (exact) mass is 1790 g/mol. The number of hydrogen-bond donors (Lipinski definition) is 0. The van der Waals surface area contributed by atoms with Crippen LogP contribution in [0.4, 0.5) is 26.3 Å². The molecule has 1 aromatic carbocycles. The molecule has 0 radical (unpaired) electrons. The van der Waals surface area contributed by atoms with E-state index in [2.05, 4.69) is 381 Å². The predicted molar refractivity (Wildman–Crippen MR) is 531 cm³/mol. The van der Waals surface area contributed by atoms with Crippen LogP contribution in [-0.2, 0) is 86.0 Å². The van der Waals surface area contributed by atoms with Gasteiger partial charge < -0.3 is 0 Å². The quantitative estimate of drug-likeness (QED) is 0.144. The molecule has 0 bridgehead atoms. The summed E-state index contributed by atoms with van der Waals surface area (Å²) >= 11 is 0. The average molecular weight is 1790 g/mol. The zero-order valence-electron chi connectivity index (χ0n) is 88.2. The second kappa shape index (κ2) is 48.0. The van der Waals surface area contributed by atoms with Crippen LogP contribution >= 0.6 is 0 Å². The first-order valence-electron chi connectivity index (χ1n) is 44.8. The van der Waals surface area contributed by atoms with E-state index in [0.717, 1.165) is 45.9 Å². The van der Waals surface area contributed by atoms with E-state index in [4.69, 9.17) is 0 Å². The molecule has 0 unspecified atom stereocenters. The maximum absolute atomic E-state index is 12.3. The first-order chi connectivity index (χ1) is 58.1. The number of nitrogens with zero attached hydrogens (tertiary/aromatic N) is 14.